The van der Waals surface area contributed by atoms with Gasteiger partial charge in [0.2, 0.25) is 11.1 Å². The summed E-state index contributed by atoms with van der Waals surface area (Å²) in [5.41, 5.74) is 1.92. The van der Waals surface area contributed by atoms with Crippen LogP contribution in [0.25, 0.3) is 0 Å². The van der Waals surface area contributed by atoms with Gasteiger partial charge in [0, 0.05) is 31.0 Å². The van der Waals surface area contributed by atoms with Crippen molar-refractivity contribution in [3.8, 4) is 0 Å². The van der Waals surface area contributed by atoms with E-state index in [9.17, 15) is 4.79 Å². The fourth-order valence-electron chi connectivity index (χ4n) is 2.97. The van der Waals surface area contributed by atoms with Crippen LogP contribution in [0.4, 0.5) is 11.4 Å². The molecule has 1 aliphatic rings. The van der Waals surface area contributed by atoms with E-state index in [-0.39, 0.29) is 23.9 Å². The van der Waals surface area contributed by atoms with E-state index in [0.717, 1.165) is 24.5 Å². The third kappa shape index (κ3) is 4.73. The van der Waals surface area contributed by atoms with Crippen molar-refractivity contribution in [2.45, 2.75) is 44.7 Å². The molecule has 0 radical (unpaired) electrons. The van der Waals surface area contributed by atoms with Gasteiger partial charge in [-0.25, -0.2) is 4.68 Å². The highest BCUT2D eigenvalue weighted by Gasteiger charge is 2.22. The lowest BCUT2D eigenvalue weighted by Crippen LogP contribution is -2.45. The van der Waals surface area contributed by atoms with Crippen molar-refractivity contribution < 1.29 is 9.53 Å². The van der Waals surface area contributed by atoms with Crippen LogP contribution in [0.3, 0.4) is 0 Å². The Labute approximate surface area is 157 Å². The van der Waals surface area contributed by atoms with E-state index < -0.39 is 0 Å². The third-order valence-corrected chi connectivity index (χ3v) is 5.02. The second-order valence-corrected chi connectivity index (χ2v) is 7.27. The van der Waals surface area contributed by atoms with Crippen LogP contribution in [-0.4, -0.2) is 57.2 Å². The van der Waals surface area contributed by atoms with Gasteiger partial charge in [0.05, 0.1) is 18.0 Å². The number of nitrogens with one attached hydrogen (secondary N) is 1. The first-order valence-corrected chi connectivity index (χ1v) is 9.73. The molecule has 8 nitrogen and oxygen atoms in total. The number of hydrogen-bond acceptors (Lipinski definition) is 7. The summed E-state index contributed by atoms with van der Waals surface area (Å²) in [5, 5.41) is 14.9. The minimum Gasteiger partial charge on any atom is -0.372 e. The number of hydrogen-bond donors (Lipinski definition) is 1. The predicted molar refractivity (Wildman–Crippen MR) is 102 cm³/mol. The van der Waals surface area contributed by atoms with Crippen molar-refractivity contribution in [3.05, 3.63) is 24.3 Å². The van der Waals surface area contributed by atoms with Crippen molar-refractivity contribution >= 4 is 29.0 Å². The molecule has 140 valence electrons. The molecule has 9 heteroatoms. The molecule has 1 aromatic carbocycles. The Morgan fingerprint density at radius 2 is 1.96 bits per heavy atom. The fraction of sp³-hybridized carbons (Fsp3) is 0.529. The zero-order valence-corrected chi connectivity index (χ0v) is 16.1. The van der Waals surface area contributed by atoms with Gasteiger partial charge in [-0.05, 0) is 55.5 Å². The van der Waals surface area contributed by atoms with Gasteiger partial charge in [0.25, 0.3) is 0 Å². The first-order chi connectivity index (χ1) is 12.5. The highest BCUT2D eigenvalue weighted by Crippen LogP contribution is 2.22. The summed E-state index contributed by atoms with van der Waals surface area (Å²) in [6, 6.07) is 7.92. The molecule has 1 N–H and O–H groups in total. The van der Waals surface area contributed by atoms with Gasteiger partial charge >= 0.3 is 0 Å². The molecule has 26 heavy (non-hydrogen) atoms. The molecule has 0 unspecified atom stereocenters. The van der Waals surface area contributed by atoms with Crippen molar-refractivity contribution in [1.82, 2.24) is 20.2 Å². The maximum absolute atomic E-state index is 12.1. The summed E-state index contributed by atoms with van der Waals surface area (Å²) in [4.78, 5) is 14.5. The van der Waals surface area contributed by atoms with Crippen LogP contribution in [0, 0.1) is 0 Å². The van der Waals surface area contributed by atoms with E-state index in [1.54, 1.807) is 4.68 Å². The van der Waals surface area contributed by atoms with E-state index in [1.165, 1.54) is 11.8 Å². The molecule has 1 saturated heterocycles. The number of ether oxygens (including phenoxy) is 1. The molecular weight excluding hydrogens is 352 g/mol. The molecule has 1 fully saturated rings. The number of amides is 1. The lowest BCUT2D eigenvalue weighted by Gasteiger charge is -2.36. The topological polar surface area (TPSA) is 85.2 Å². The van der Waals surface area contributed by atoms with Crippen molar-refractivity contribution in [2.24, 2.45) is 0 Å². The average molecular weight is 376 g/mol. The van der Waals surface area contributed by atoms with Crippen molar-refractivity contribution in [2.75, 3.05) is 29.1 Å². The van der Waals surface area contributed by atoms with Crippen LogP contribution >= 0.6 is 11.8 Å². The highest BCUT2D eigenvalue weighted by atomic mass is 32.2. The Morgan fingerprint density at radius 1 is 1.27 bits per heavy atom. The van der Waals surface area contributed by atoms with Gasteiger partial charge in [-0.2, -0.15) is 0 Å². The second-order valence-electron chi connectivity index (χ2n) is 6.32. The van der Waals surface area contributed by atoms with Crippen LogP contribution in [0.2, 0.25) is 0 Å². The molecule has 0 saturated carbocycles. The number of benzene rings is 1. The van der Waals surface area contributed by atoms with Crippen molar-refractivity contribution in [3.63, 3.8) is 0 Å². The molecule has 0 spiro atoms. The van der Waals surface area contributed by atoms with Gasteiger partial charge in [0.1, 0.15) is 0 Å². The minimum atomic E-state index is -0.0815. The Hall–Kier alpha value is -2.13. The summed E-state index contributed by atoms with van der Waals surface area (Å²) < 4.78 is 7.44. The monoisotopic (exact) mass is 376 g/mol. The van der Waals surface area contributed by atoms with Crippen LogP contribution < -0.4 is 10.2 Å². The lowest BCUT2D eigenvalue weighted by atomic mass is 10.2. The molecule has 3 rings (SSSR count). The van der Waals surface area contributed by atoms with Crippen LogP contribution in [0.5, 0.6) is 0 Å². The van der Waals surface area contributed by atoms with Crippen LogP contribution in [0.15, 0.2) is 29.4 Å². The standard InChI is InChI=1S/C17H24N6O2S/c1-4-23-17(19-20-21-23)26-11-16(24)18-14-5-7-15(8-6-14)22-9-12(2)25-13(3)10-22/h5-8,12-13H,4,9-11H2,1-3H3,(H,18,24)/t12-,13+. The smallest absolute Gasteiger partial charge is 0.234 e. The molecule has 0 bridgehead atoms. The SMILES string of the molecule is CCn1nnnc1SCC(=O)Nc1ccc(N2C[C@@H](C)O[C@@H](C)C2)cc1. The number of nitrogens with zero attached hydrogens (tertiary/aromatic N) is 5. The van der Waals surface area contributed by atoms with E-state index in [0.29, 0.717) is 11.7 Å². The molecule has 1 aromatic heterocycles. The number of aryl methyl sites for hydroxylation is 1. The largest absolute Gasteiger partial charge is 0.372 e. The minimum absolute atomic E-state index is 0.0815. The zero-order chi connectivity index (χ0) is 18.5. The number of aromatic nitrogens is 4. The molecular formula is C17H24N6O2S. The van der Waals surface area contributed by atoms with E-state index >= 15 is 0 Å². The molecule has 1 aliphatic heterocycles. The molecule has 0 aliphatic carbocycles. The van der Waals surface area contributed by atoms with Gasteiger partial charge < -0.3 is 15.0 Å². The normalized spacial score (nSPS) is 20.2. The van der Waals surface area contributed by atoms with Gasteiger partial charge in [-0.15, -0.1) is 5.10 Å². The summed E-state index contributed by atoms with van der Waals surface area (Å²) in [7, 11) is 0. The quantitative estimate of drug-likeness (QED) is 0.772. The first kappa shape index (κ1) is 18.7. The second kappa shape index (κ2) is 8.50. The summed E-state index contributed by atoms with van der Waals surface area (Å²) in [6.45, 7) is 8.56. The number of tetrazole rings is 1. The Balaban J connectivity index is 1.53. The Bertz CT molecular complexity index is 725. The number of carbonyl (C=O) groups excluding carboxylic acids is 1. The third-order valence-electron chi connectivity index (χ3n) is 4.07. The van der Waals surface area contributed by atoms with Crippen LogP contribution in [-0.2, 0) is 16.1 Å². The van der Waals surface area contributed by atoms with E-state index in [1.807, 2.05) is 31.2 Å². The molecule has 2 aromatic rings. The Morgan fingerprint density at radius 3 is 2.62 bits per heavy atom. The highest BCUT2D eigenvalue weighted by molar-refractivity contribution is 7.99. The molecule has 2 atom stereocenters. The number of thioether (sulfide) groups is 1. The maximum atomic E-state index is 12.1. The predicted octanol–water partition coefficient (Wildman–Crippen LogP) is 2.04. The Kier molecular flexibility index (Phi) is 6.10. The fourth-order valence-corrected chi connectivity index (χ4v) is 3.71. The van der Waals surface area contributed by atoms with Crippen molar-refractivity contribution in [1.29, 1.82) is 0 Å². The summed E-state index contributed by atoms with van der Waals surface area (Å²) in [5.74, 6) is 0.183. The zero-order valence-electron chi connectivity index (χ0n) is 15.3. The van der Waals surface area contributed by atoms with Gasteiger partial charge in [0.15, 0.2) is 0 Å². The molecule has 2 heterocycles. The van der Waals surface area contributed by atoms with Gasteiger partial charge in [-0.3, -0.25) is 4.79 Å². The van der Waals surface area contributed by atoms with E-state index in [2.05, 4.69) is 39.6 Å². The average Bonchev–Trinajstić information content (AvgIpc) is 3.07. The number of carbonyl (C=O) groups is 1. The van der Waals surface area contributed by atoms with Gasteiger partial charge in [-0.1, -0.05) is 11.8 Å². The van der Waals surface area contributed by atoms with E-state index in [4.69, 9.17) is 4.74 Å². The molecule has 1 amide bonds. The maximum Gasteiger partial charge on any atom is 0.234 e. The van der Waals surface area contributed by atoms with Crippen LogP contribution in [0.1, 0.15) is 20.8 Å². The number of rotatable bonds is 6. The summed E-state index contributed by atoms with van der Waals surface area (Å²) >= 11 is 1.32. The number of anilines is 2. The first-order valence-electron chi connectivity index (χ1n) is 8.74. The lowest BCUT2D eigenvalue weighted by molar-refractivity contribution is -0.113. The summed E-state index contributed by atoms with van der Waals surface area (Å²) in [6.07, 6.45) is 0.435. The number of morpholine rings is 1.